The molecule has 1 atom stereocenters. The van der Waals surface area contributed by atoms with Crippen LogP contribution in [-0.2, 0) is 4.74 Å². The second-order valence-corrected chi connectivity index (χ2v) is 3.54. The summed E-state index contributed by atoms with van der Waals surface area (Å²) in [5.74, 6) is 0.508. The van der Waals surface area contributed by atoms with Crippen molar-refractivity contribution in [1.29, 1.82) is 0 Å². The van der Waals surface area contributed by atoms with Crippen molar-refractivity contribution in [1.82, 2.24) is 10.3 Å². The topological polar surface area (TPSA) is 80.0 Å². The predicted molar refractivity (Wildman–Crippen MR) is 57.4 cm³/mol. The van der Waals surface area contributed by atoms with Crippen molar-refractivity contribution in [3.05, 3.63) is 0 Å². The quantitative estimate of drug-likeness (QED) is 0.510. The lowest BCUT2D eigenvalue weighted by molar-refractivity contribution is 0.174. The molecule has 3 N–H and O–H groups in total. The van der Waals surface area contributed by atoms with E-state index in [1.807, 2.05) is 5.01 Å². The monoisotopic (exact) mass is 214 g/mol. The molecule has 0 aromatic heterocycles. The molecular formula is C9H18N4O2. The van der Waals surface area contributed by atoms with Crippen LogP contribution < -0.4 is 11.1 Å². The Kier molecular flexibility index (Phi) is 4.89. The van der Waals surface area contributed by atoms with Crippen LogP contribution in [0.15, 0.2) is 5.10 Å². The maximum absolute atomic E-state index is 10.7. The maximum Gasteiger partial charge on any atom is 0.412 e. The van der Waals surface area contributed by atoms with Gasteiger partial charge in [0.15, 0.2) is 0 Å². The SMILES string of the molecule is COC(=O)NC=NN1CCC[C@@H](CN)C1. The number of ether oxygens (including phenoxy) is 1. The molecule has 86 valence electrons. The van der Waals surface area contributed by atoms with Gasteiger partial charge in [-0.15, -0.1) is 0 Å². The van der Waals surface area contributed by atoms with E-state index in [2.05, 4.69) is 15.2 Å². The minimum absolute atomic E-state index is 0.508. The Bertz CT molecular complexity index is 232. The molecule has 1 aliphatic rings. The molecule has 1 aliphatic heterocycles. The summed E-state index contributed by atoms with van der Waals surface area (Å²) in [6.07, 6.45) is 3.10. The van der Waals surface area contributed by atoms with Crippen molar-refractivity contribution in [2.75, 3.05) is 26.7 Å². The summed E-state index contributed by atoms with van der Waals surface area (Å²) in [6.45, 7) is 2.46. The molecule has 6 nitrogen and oxygen atoms in total. The molecule has 0 aromatic carbocycles. The van der Waals surface area contributed by atoms with Gasteiger partial charge in [-0.1, -0.05) is 0 Å². The Morgan fingerprint density at radius 3 is 3.27 bits per heavy atom. The fourth-order valence-electron chi connectivity index (χ4n) is 1.56. The molecule has 1 rings (SSSR count). The maximum atomic E-state index is 10.7. The van der Waals surface area contributed by atoms with E-state index in [9.17, 15) is 4.79 Å². The summed E-state index contributed by atoms with van der Waals surface area (Å²) in [5.41, 5.74) is 5.60. The average molecular weight is 214 g/mol. The number of rotatable bonds is 3. The lowest BCUT2D eigenvalue weighted by Crippen LogP contribution is -2.36. The minimum atomic E-state index is -0.508. The highest BCUT2D eigenvalue weighted by Gasteiger charge is 2.16. The third-order valence-corrected chi connectivity index (χ3v) is 2.42. The third kappa shape index (κ3) is 4.16. The molecular weight excluding hydrogens is 196 g/mol. The number of hydrazone groups is 1. The second-order valence-electron chi connectivity index (χ2n) is 3.54. The van der Waals surface area contributed by atoms with E-state index in [1.165, 1.54) is 13.4 Å². The van der Waals surface area contributed by atoms with Crippen LogP contribution in [0.1, 0.15) is 12.8 Å². The molecule has 0 aromatic rings. The Morgan fingerprint density at radius 2 is 2.60 bits per heavy atom. The number of nitrogens with one attached hydrogen (secondary N) is 1. The summed E-state index contributed by atoms with van der Waals surface area (Å²) < 4.78 is 4.40. The van der Waals surface area contributed by atoms with Gasteiger partial charge in [-0.25, -0.2) is 4.79 Å². The van der Waals surface area contributed by atoms with E-state index in [4.69, 9.17) is 5.73 Å². The number of nitrogens with zero attached hydrogens (tertiary/aromatic N) is 2. The number of hydrogen-bond donors (Lipinski definition) is 2. The van der Waals surface area contributed by atoms with Gasteiger partial charge in [0.2, 0.25) is 0 Å². The van der Waals surface area contributed by atoms with E-state index < -0.39 is 6.09 Å². The largest absolute Gasteiger partial charge is 0.453 e. The van der Waals surface area contributed by atoms with Gasteiger partial charge in [0, 0.05) is 13.1 Å². The summed E-state index contributed by atoms with van der Waals surface area (Å²) >= 11 is 0. The highest BCUT2D eigenvalue weighted by Crippen LogP contribution is 2.14. The summed E-state index contributed by atoms with van der Waals surface area (Å²) in [5, 5.41) is 8.41. The molecule has 0 radical (unpaired) electrons. The van der Waals surface area contributed by atoms with E-state index in [1.54, 1.807) is 0 Å². The van der Waals surface area contributed by atoms with Crippen LogP contribution in [0, 0.1) is 5.92 Å². The fourth-order valence-corrected chi connectivity index (χ4v) is 1.56. The second kappa shape index (κ2) is 6.23. The van der Waals surface area contributed by atoms with Crippen LogP contribution in [0.25, 0.3) is 0 Å². The number of piperidine rings is 1. The number of alkyl carbamates (subject to hydrolysis) is 1. The lowest BCUT2D eigenvalue weighted by atomic mass is 10.00. The van der Waals surface area contributed by atoms with Gasteiger partial charge in [-0.05, 0) is 25.3 Å². The first-order valence-electron chi connectivity index (χ1n) is 5.08. The summed E-state index contributed by atoms with van der Waals surface area (Å²) in [6, 6.07) is 0. The number of carbonyl (C=O) groups is 1. The fraction of sp³-hybridized carbons (Fsp3) is 0.778. The van der Waals surface area contributed by atoms with Gasteiger partial charge in [-0.2, -0.15) is 5.10 Å². The summed E-state index contributed by atoms with van der Waals surface area (Å²) in [7, 11) is 1.31. The molecule has 0 saturated carbocycles. The van der Waals surface area contributed by atoms with E-state index in [-0.39, 0.29) is 0 Å². The molecule has 0 unspecified atom stereocenters. The van der Waals surface area contributed by atoms with Gasteiger partial charge in [0.25, 0.3) is 0 Å². The third-order valence-electron chi connectivity index (χ3n) is 2.42. The molecule has 1 amide bonds. The van der Waals surface area contributed by atoms with Crippen molar-refractivity contribution in [3.63, 3.8) is 0 Å². The van der Waals surface area contributed by atoms with Gasteiger partial charge in [0.05, 0.1) is 7.11 Å². The molecule has 1 saturated heterocycles. The van der Waals surface area contributed by atoms with Crippen LogP contribution >= 0.6 is 0 Å². The van der Waals surface area contributed by atoms with E-state index >= 15 is 0 Å². The number of methoxy groups -OCH3 is 1. The Hall–Kier alpha value is -1.30. The molecule has 0 spiro atoms. The van der Waals surface area contributed by atoms with Crippen LogP contribution in [0.5, 0.6) is 0 Å². The van der Waals surface area contributed by atoms with E-state index in [0.29, 0.717) is 12.5 Å². The number of carbonyl (C=O) groups excluding carboxylic acids is 1. The Balaban J connectivity index is 2.28. The Labute approximate surface area is 89.4 Å². The normalized spacial score (nSPS) is 21.7. The highest BCUT2D eigenvalue weighted by molar-refractivity contribution is 5.81. The van der Waals surface area contributed by atoms with Crippen molar-refractivity contribution >= 4 is 12.4 Å². The first kappa shape index (κ1) is 11.8. The van der Waals surface area contributed by atoms with Crippen LogP contribution in [0.3, 0.4) is 0 Å². The minimum Gasteiger partial charge on any atom is -0.453 e. The molecule has 1 fully saturated rings. The summed E-state index contributed by atoms with van der Waals surface area (Å²) in [4.78, 5) is 10.7. The van der Waals surface area contributed by atoms with Crippen LogP contribution in [0.4, 0.5) is 4.79 Å². The van der Waals surface area contributed by atoms with Gasteiger partial charge in [-0.3, -0.25) is 10.3 Å². The molecule has 15 heavy (non-hydrogen) atoms. The highest BCUT2D eigenvalue weighted by atomic mass is 16.5. The van der Waals surface area contributed by atoms with Crippen LogP contribution in [-0.4, -0.2) is 44.2 Å². The van der Waals surface area contributed by atoms with Crippen LogP contribution in [0.2, 0.25) is 0 Å². The lowest BCUT2D eigenvalue weighted by Gasteiger charge is -2.29. The zero-order valence-corrected chi connectivity index (χ0v) is 8.98. The predicted octanol–water partition coefficient (Wildman–Crippen LogP) is -0.0436. The smallest absolute Gasteiger partial charge is 0.412 e. The number of amides is 1. The van der Waals surface area contributed by atoms with Gasteiger partial charge >= 0.3 is 6.09 Å². The first-order valence-corrected chi connectivity index (χ1v) is 5.08. The zero-order chi connectivity index (χ0) is 11.1. The Morgan fingerprint density at radius 1 is 1.80 bits per heavy atom. The van der Waals surface area contributed by atoms with Gasteiger partial charge in [0.1, 0.15) is 6.34 Å². The van der Waals surface area contributed by atoms with Gasteiger partial charge < -0.3 is 10.5 Å². The molecule has 0 bridgehead atoms. The number of nitrogens with two attached hydrogens (primary N) is 1. The van der Waals surface area contributed by atoms with Crippen molar-refractivity contribution in [3.8, 4) is 0 Å². The molecule has 6 heteroatoms. The number of hydrogen-bond acceptors (Lipinski definition) is 5. The average Bonchev–Trinajstić information content (AvgIpc) is 2.29. The molecule has 1 heterocycles. The van der Waals surface area contributed by atoms with Crippen molar-refractivity contribution < 1.29 is 9.53 Å². The van der Waals surface area contributed by atoms with E-state index in [0.717, 1.165) is 25.9 Å². The standard InChI is InChI=1S/C9H18N4O2/c1-15-9(14)11-7-12-13-4-2-3-8(5-10)6-13/h7-8H,2-6,10H2,1H3,(H,11,12,14)/t8-/m0/s1. The zero-order valence-electron chi connectivity index (χ0n) is 8.98. The first-order chi connectivity index (χ1) is 7.26. The van der Waals surface area contributed by atoms with Crippen molar-refractivity contribution in [2.45, 2.75) is 12.8 Å². The molecule has 0 aliphatic carbocycles. The van der Waals surface area contributed by atoms with Crippen molar-refractivity contribution in [2.24, 2.45) is 16.8 Å².